The number of hydrogen-bond acceptors (Lipinski definition) is 6. The van der Waals surface area contributed by atoms with E-state index in [1.165, 1.54) is 6.33 Å². The van der Waals surface area contributed by atoms with Crippen LogP contribution in [0, 0.1) is 0 Å². The SMILES string of the molecule is COCCOCCNc1ncnc(N)c1Cl. The van der Waals surface area contributed by atoms with Crippen LogP contribution in [-0.4, -0.2) is 43.4 Å². The maximum absolute atomic E-state index is 5.88. The molecule has 0 aliphatic rings. The van der Waals surface area contributed by atoms with Gasteiger partial charge in [0, 0.05) is 13.7 Å². The Labute approximate surface area is 99.1 Å². The highest BCUT2D eigenvalue weighted by Crippen LogP contribution is 2.22. The van der Waals surface area contributed by atoms with Crippen molar-refractivity contribution >= 4 is 23.2 Å². The van der Waals surface area contributed by atoms with Gasteiger partial charge < -0.3 is 20.5 Å². The van der Waals surface area contributed by atoms with E-state index in [1.807, 2.05) is 0 Å². The minimum atomic E-state index is 0.263. The van der Waals surface area contributed by atoms with Gasteiger partial charge in [-0.1, -0.05) is 11.6 Å². The van der Waals surface area contributed by atoms with Crippen molar-refractivity contribution in [2.45, 2.75) is 0 Å². The molecule has 0 atom stereocenters. The van der Waals surface area contributed by atoms with E-state index in [4.69, 9.17) is 26.8 Å². The van der Waals surface area contributed by atoms with Crippen LogP contribution in [0.5, 0.6) is 0 Å². The molecule has 0 saturated heterocycles. The molecule has 6 nitrogen and oxygen atoms in total. The maximum Gasteiger partial charge on any atom is 0.150 e. The maximum atomic E-state index is 5.88. The summed E-state index contributed by atoms with van der Waals surface area (Å²) in [6.07, 6.45) is 1.36. The van der Waals surface area contributed by atoms with E-state index >= 15 is 0 Å². The van der Waals surface area contributed by atoms with Crippen molar-refractivity contribution in [1.82, 2.24) is 9.97 Å². The van der Waals surface area contributed by atoms with E-state index < -0.39 is 0 Å². The lowest BCUT2D eigenvalue weighted by Crippen LogP contribution is -2.13. The first-order chi connectivity index (χ1) is 7.75. The lowest BCUT2D eigenvalue weighted by Gasteiger charge is -2.08. The van der Waals surface area contributed by atoms with E-state index in [0.717, 1.165) is 0 Å². The monoisotopic (exact) mass is 246 g/mol. The Morgan fingerprint density at radius 3 is 2.94 bits per heavy atom. The molecular formula is C9H15ClN4O2. The molecule has 0 aliphatic heterocycles. The summed E-state index contributed by atoms with van der Waals surface area (Å²) in [5.41, 5.74) is 5.52. The second-order valence-electron chi connectivity index (χ2n) is 2.95. The smallest absolute Gasteiger partial charge is 0.150 e. The molecule has 90 valence electrons. The first-order valence-corrected chi connectivity index (χ1v) is 5.20. The van der Waals surface area contributed by atoms with Crippen LogP contribution in [0.15, 0.2) is 6.33 Å². The van der Waals surface area contributed by atoms with Crippen molar-refractivity contribution in [3.05, 3.63) is 11.3 Å². The van der Waals surface area contributed by atoms with Gasteiger partial charge in [-0.15, -0.1) is 0 Å². The number of anilines is 2. The van der Waals surface area contributed by atoms with E-state index in [9.17, 15) is 0 Å². The number of nitrogen functional groups attached to an aromatic ring is 1. The van der Waals surface area contributed by atoms with Gasteiger partial charge in [0.2, 0.25) is 0 Å². The number of nitrogens with two attached hydrogens (primary N) is 1. The van der Waals surface area contributed by atoms with Crippen molar-refractivity contribution in [3.8, 4) is 0 Å². The predicted molar refractivity (Wildman–Crippen MR) is 62.6 cm³/mol. The number of nitrogens with zero attached hydrogens (tertiary/aromatic N) is 2. The fraction of sp³-hybridized carbons (Fsp3) is 0.556. The second-order valence-corrected chi connectivity index (χ2v) is 3.33. The van der Waals surface area contributed by atoms with Crippen molar-refractivity contribution in [2.24, 2.45) is 0 Å². The van der Waals surface area contributed by atoms with Crippen LogP contribution in [0.25, 0.3) is 0 Å². The van der Waals surface area contributed by atoms with Gasteiger partial charge in [-0.3, -0.25) is 0 Å². The molecule has 1 heterocycles. The molecular weight excluding hydrogens is 232 g/mol. The Hall–Kier alpha value is -1.11. The van der Waals surface area contributed by atoms with E-state index in [1.54, 1.807) is 7.11 Å². The van der Waals surface area contributed by atoms with Crippen LogP contribution < -0.4 is 11.1 Å². The largest absolute Gasteiger partial charge is 0.382 e. The Morgan fingerprint density at radius 2 is 2.19 bits per heavy atom. The number of rotatable bonds is 7. The number of ether oxygens (including phenoxy) is 2. The van der Waals surface area contributed by atoms with Crippen LogP contribution in [0.4, 0.5) is 11.6 Å². The molecule has 0 unspecified atom stereocenters. The van der Waals surface area contributed by atoms with Crippen molar-refractivity contribution < 1.29 is 9.47 Å². The Bertz CT molecular complexity index is 324. The van der Waals surface area contributed by atoms with E-state index in [-0.39, 0.29) is 5.82 Å². The number of methoxy groups -OCH3 is 1. The standard InChI is InChI=1S/C9H15ClN4O2/c1-15-4-5-16-3-2-12-9-7(10)8(11)13-6-14-9/h6H,2-5H2,1H3,(H3,11,12,13,14). The van der Waals surface area contributed by atoms with Crippen LogP contribution >= 0.6 is 11.6 Å². The number of hydrogen-bond donors (Lipinski definition) is 2. The summed E-state index contributed by atoms with van der Waals surface area (Å²) in [6, 6.07) is 0. The zero-order chi connectivity index (χ0) is 11.8. The van der Waals surface area contributed by atoms with Crippen molar-refractivity contribution in [3.63, 3.8) is 0 Å². The summed E-state index contributed by atoms with van der Waals surface area (Å²) < 4.78 is 10.1. The van der Waals surface area contributed by atoms with Gasteiger partial charge in [0.15, 0.2) is 5.82 Å². The first kappa shape index (κ1) is 13.0. The normalized spacial score (nSPS) is 10.4. The third-order valence-corrected chi connectivity index (χ3v) is 2.16. The first-order valence-electron chi connectivity index (χ1n) is 4.82. The average molecular weight is 247 g/mol. The third-order valence-electron chi connectivity index (χ3n) is 1.79. The second kappa shape index (κ2) is 7.21. The van der Waals surface area contributed by atoms with Crippen LogP contribution in [-0.2, 0) is 9.47 Å². The summed E-state index contributed by atoms with van der Waals surface area (Å²) in [6.45, 7) is 2.29. The molecule has 0 aromatic carbocycles. The van der Waals surface area contributed by atoms with Crippen molar-refractivity contribution in [1.29, 1.82) is 0 Å². The summed E-state index contributed by atoms with van der Waals surface area (Å²) >= 11 is 5.88. The van der Waals surface area contributed by atoms with Gasteiger partial charge in [-0.25, -0.2) is 9.97 Å². The van der Waals surface area contributed by atoms with E-state index in [0.29, 0.717) is 37.2 Å². The molecule has 0 radical (unpaired) electrons. The minimum Gasteiger partial charge on any atom is -0.382 e. The Kier molecular flexibility index (Phi) is 5.84. The zero-order valence-electron chi connectivity index (χ0n) is 9.07. The van der Waals surface area contributed by atoms with Gasteiger partial charge >= 0.3 is 0 Å². The third kappa shape index (κ3) is 4.18. The van der Waals surface area contributed by atoms with E-state index in [2.05, 4.69) is 15.3 Å². The molecule has 0 amide bonds. The molecule has 0 saturated carbocycles. The topological polar surface area (TPSA) is 82.3 Å². The van der Waals surface area contributed by atoms with Gasteiger partial charge in [-0.05, 0) is 0 Å². The molecule has 0 spiro atoms. The van der Waals surface area contributed by atoms with Gasteiger partial charge in [0.1, 0.15) is 17.2 Å². The summed E-state index contributed by atoms with van der Waals surface area (Å²) in [5.74, 6) is 0.781. The molecule has 1 rings (SSSR count). The lowest BCUT2D eigenvalue weighted by atomic mass is 10.5. The Morgan fingerprint density at radius 1 is 1.38 bits per heavy atom. The molecule has 0 bridgehead atoms. The number of halogens is 1. The molecule has 3 N–H and O–H groups in total. The predicted octanol–water partition coefficient (Wildman–Crippen LogP) is 0.787. The van der Waals surface area contributed by atoms with Gasteiger partial charge in [0.25, 0.3) is 0 Å². The molecule has 1 aromatic heterocycles. The average Bonchev–Trinajstić information content (AvgIpc) is 2.29. The molecule has 7 heteroatoms. The fourth-order valence-corrected chi connectivity index (χ4v) is 1.16. The molecule has 1 aromatic rings. The zero-order valence-corrected chi connectivity index (χ0v) is 9.83. The fourth-order valence-electron chi connectivity index (χ4n) is 0.993. The summed E-state index contributed by atoms with van der Waals surface area (Å²) in [7, 11) is 1.63. The highest BCUT2D eigenvalue weighted by molar-refractivity contribution is 6.35. The Balaban J connectivity index is 2.24. The summed E-state index contributed by atoms with van der Waals surface area (Å²) in [4.78, 5) is 7.71. The molecule has 0 aliphatic carbocycles. The van der Waals surface area contributed by atoms with Gasteiger partial charge in [-0.2, -0.15) is 0 Å². The molecule has 0 fully saturated rings. The summed E-state index contributed by atoms with van der Waals surface area (Å²) in [5, 5.41) is 3.33. The van der Waals surface area contributed by atoms with Crippen LogP contribution in [0.3, 0.4) is 0 Å². The minimum absolute atomic E-state index is 0.263. The highest BCUT2D eigenvalue weighted by Gasteiger charge is 2.04. The molecule has 16 heavy (non-hydrogen) atoms. The highest BCUT2D eigenvalue weighted by atomic mass is 35.5. The number of aromatic nitrogens is 2. The van der Waals surface area contributed by atoms with Crippen LogP contribution in [0.2, 0.25) is 5.02 Å². The van der Waals surface area contributed by atoms with Gasteiger partial charge in [0.05, 0.1) is 19.8 Å². The number of nitrogens with one attached hydrogen (secondary N) is 1. The quantitative estimate of drug-likeness (QED) is 0.692. The van der Waals surface area contributed by atoms with Crippen molar-refractivity contribution in [2.75, 3.05) is 44.5 Å². The lowest BCUT2D eigenvalue weighted by molar-refractivity contribution is 0.0759. The van der Waals surface area contributed by atoms with Crippen LogP contribution in [0.1, 0.15) is 0 Å².